The van der Waals surface area contributed by atoms with Crippen molar-refractivity contribution >= 4 is 18.0 Å². The maximum absolute atomic E-state index is 13.2. The Hall–Kier alpha value is -3.61. The first-order chi connectivity index (χ1) is 16.4. The van der Waals surface area contributed by atoms with Crippen LogP contribution >= 0.6 is 0 Å². The minimum atomic E-state index is -0.956. The molecule has 1 aliphatic heterocycles. The van der Waals surface area contributed by atoms with Gasteiger partial charge in [-0.05, 0) is 34.6 Å². The van der Waals surface area contributed by atoms with E-state index in [-0.39, 0.29) is 30.9 Å². The summed E-state index contributed by atoms with van der Waals surface area (Å²) in [6, 6.07) is 15.5. The zero-order chi connectivity index (χ0) is 24.2. The van der Waals surface area contributed by atoms with Crippen molar-refractivity contribution in [1.29, 1.82) is 0 Å². The largest absolute Gasteiger partial charge is 0.478 e. The van der Waals surface area contributed by atoms with Crippen LogP contribution < -0.4 is 5.32 Å². The molecule has 2 aromatic carbocycles. The Kier molecular flexibility index (Phi) is 7.01. The van der Waals surface area contributed by atoms with Gasteiger partial charge >= 0.3 is 12.1 Å². The van der Waals surface area contributed by atoms with E-state index in [4.69, 9.17) is 9.84 Å². The molecule has 2 amide bonds. The molecule has 0 aromatic heterocycles. The minimum Gasteiger partial charge on any atom is -0.478 e. The highest BCUT2D eigenvalue weighted by molar-refractivity contribution is 5.89. The van der Waals surface area contributed by atoms with Crippen molar-refractivity contribution in [2.75, 3.05) is 19.7 Å². The molecule has 0 saturated carbocycles. The molecule has 34 heavy (non-hydrogen) atoms. The van der Waals surface area contributed by atoms with Gasteiger partial charge < -0.3 is 20.1 Å². The van der Waals surface area contributed by atoms with Crippen LogP contribution in [0.5, 0.6) is 0 Å². The number of nitrogens with one attached hydrogen (secondary N) is 1. The summed E-state index contributed by atoms with van der Waals surface area (Å²) in [4.78, 5) is 38.7. The smallest absolute Gasteiger partial charge is 0.407 e. The van der Waals surface area contributed by atoms with Gasteiger partial charge in [0.05, 0.1) is 0 Å². The van der Waals surface area contributed by atoms with E-state index in [2.05, 4.69) is 29.6 Å². The van der Waals surface area contributed by atoms with Crippen LogP contribution in [0.2, 0.25) is 0 Å². The fourth-order valence-electron chi connectivity index (χ4n) is 4.71. The van der Waals surface area contributed by atoms with Crippen LogP contribution in [0.1, 0.15) is 43.7 Å². The fraction of sp³-hybridized carbons (Fsp3) is 0.370. The Morgan fingerprint density at radius 2 is 1.71 bits per heavy atom. The van der Waals surface area contributed by atoms with Gasteiger partial charge in [0.1, 0.15) is 12.6 Å². The van der Waals surface area contributed by atoms with Gasteiger partial charge in [-0.1, -0.05) is 74.9 Å². The van der Waals surface area contributed by atoms with Gasteiger partial charge in [0.2, 0.25) is 5.91 Å². The average molecular weight is 463 g/mol. The standard InChI is InChI=1S/C27H30N2O5/c1-3-17(2)24(25(30)29-14-12-18(13-15-29)26(31)32)28-27(33)34-16-23-21-10-6-4-8-19(21)20-9-5-7-11-22(20)23/h4-12,17,23-24H,3,13-16H2,1-2H3,(H,28,33)(H,31,32)/t17?,24-/m0/s1. The normalized spacial score (nSPS) is 16.6. The lowest BCUT2D eigenvalue weighted by atomic mass is 9.97. The molecule has 1 heterocycles. The minimum absolute atomic E-state index is 0.0578. The van der Waals surface area contributed by atoms with Crippen LogP contribution in [0.25, 0.3) is 11.1 Å². The van der Waals surface area contributed by atoms with E-state index in [0.29, 0.717) is 25.0 Å². The van der Waals surface area contributed by atoms with E-state index in [9.17, 15) is 14.4 Å². The molecule has 1 unspecified atom stereocenters. The third kappa shape index (κ3) is 4.69. The first kappa shape index (κ1) is 23.5. The maximum Gasteiger partial charge on any atom is 0.407 e. The van der Waals surface area contributed by atoms with Gasteiger partial charge in [-0.2, -0.15) is 0 Å². The lowest BCUT2D eigenvalue weighted by molar-refractivity contribution is -0.136. The maximum atomic E-state index is 13.2. The highest BCUT2D eigenvalue weighted by atomic mass is 16.5. The molecule has 2 N–H and O–H groups in total. The number of alkyl carbamates (subject to hydrolysis) is 1. The summed E-state index contributed by atoms with van der Waals surface area (Å²) in [5, 5.41) is 11.9. The van der Waals surface area contributed by atoms with Crippen LogP contribution in [0, 0.1) is 5.92 Å². The number of hydrogen-bond donors (Lipinski definition) is 2. The molecule has 4 rings (SSSR count). The highest BCUT2D eigenvalue weighted by Crippen LogP contribution is 2.44. The van der Waals surface area contributed by atoms with Crippen molar-refractivity contribution in [3.63, 3.8) is 0 Å². The molecule has 0 saturated heterocycles. The van der Waals surface area contributed by atoms with E-state index in [0.717, 1.165) is 22.3 Å². The van der Waals surface area contributed by atoms with Crippen molar-refractivity contribution in [3.05, 3.63) is 71.3 Å². The predicted molar refractivity (Wildman–Crippen MR) is 128 cm³/mol. The van der Waals surface area contributed by atoms with Gasteiger partial charge in [-0.3, -0.25) is 4.79 Å². The second-order valence-corrected chi connectivity index (χ2v) is 8.90. The number of carbonyl (C=O) groups excluding carboxylic acids is 2. The molecule has 0 spiro atoms. The first-order valence-electron chi connectivity index (χ1n) is 11.7. The van der Waals surface area contributed by atoms with Crippen LogP contribution in [0.4, 0.5) is 4.79 Å². The van der Waals surface area contributed by atoms with Crippen LogP contribution in [-0.4, -0.2) is 53.7 Å². The number of carbonyl (C=O) groups is 3. The highest BCUT2D eigenvalue weighted by Gasteiger charge is 2.33. The Balaban J connectivity index is 1.42. The molecule has 1 aliphatic carbocycles. The Morgan fingerprint density at radius 3 is 2.24 bits per heavy atom. The van der Waals surface area contributed by atoms with Crippen molar-refractivity contribution in [1.82, 2.24) is 10.2 Å². The van der Waals surface area contributed by atoms with Crippen molar-refractivity contribution in [2.24, 2.45) is 5.92 Å². The first-order valence-corrected chi connectivity index (χ1v) is 11.7. The molecular formula is C27H30N2O5. The second kappa shape index (κ2) is 10.1. The number of hydrogen-bond acceptors (Lipinski definition) is 4. The summed E-state index contributed by atoms with van der Waals surface area (Å²) >= 11 is 0. The third-order valence-corrected chi connectivity index (χ3v) is 6.89. The third-order valence-electron chi connectivity index (χ3n) is 6.89. The van der Waals surface area contributed by atoms with E-state index in [1.165, 1.54) is 0 Å². The number of aliphatic carboxylic acids is 1. The number of ether oxygens (including phenoxy) is 1. The van der Waals surface area contributed by atoms with E-state index < -0.39 is 18.1 Å². The van der Waals surface area contributed by atoms with Gasteiger partial charge in [-0.25, -0.2) is 9.59 Å². The monoisotopic (exact) mass is 462 g/mol. The predicted octanol–water partition coefficient (Wildman–Crippen LogP) is 4.18. The molecule has 0 bridgehead atoms. The summed E-state index contributed by atoms with van der Waals surface area (Å²) in [5.74, 6) is -1.33. The van der Waals surface area contributed by atoms with E-state index >= 15 is 0 Å². The van der Waals surface area contributed by atoms with Gasteiger partial charge in [0.25, 0.3) is 0 Å². The number of rotatable bonds is 7. The topological polar surface area (TPSA) is 95.9 Å². The molecule has 2 aliphatic rings. The lowest BCUT2D eigenvalue weighted by Crippen LogP contribution is -2.52. The fourth-order valence-corrected chi connectivity index (χ4v) is 4.71. The number of fused-ring (bicyclic) bond motifs is 3. The van der Waals surface area contributed by atoms with Crippen molar-refractivity contribution in [2.45, 2.75) is 38.6 Å². The lowest BCUT2D eigenvalue weighted by Gasteiger charge is -2.32. The molecular weight excluding hydrogens is 432 g/mol. The molecule has 2 atom stereocenters. The molecule has 178 valence electrons. The van der Waals surface area contributed by atoms with E-state index in [1.54, 1.807) is 11.0 Å². The summed E-state index contributed by atoms with van der Waals surface area (Å²) < 4.78 is 5.64. The van der Waals surface area contributed by atoms with Crippen LogP contribution in [0.3, 0.4) is 0 Å². The quantitative estimate of drug-likeness (QED) is 0.644. The summed E-state index contributed by atoms with van der Waals surface area (Å²) in [5.41, 5.74) is 4.87. The van der Waals surface area contributed by atoms with Crippen LogP contribution in [0.15, 0.2) is 60.2 Å². The van der Waals surface area contributed by atoms with Crippen molar-refractivity contribution in [3.8, 4) is 11.1 Å². The Bertz CT molecular complexity index is 1080. The molecule has 7 heteroatoms. The Morgan fingerprint density at radius 1 is 1.09 bits per heavy atom. The van der Waals surface area contributed by atoms with Crippen molar-refractivity contribution < 1.29 is 24.2 Å². The summed E-state index contributed by atoms with van der Waals surface area (Å²) in [6.45, 7) is 4.59. The van der Waals surface area contributed by atoms with E-state index in [1.807, 2.05) is 38.1 Å². The molecule has 0 fully saturated rings. The summed E-state index contributed by atoms with van der Waals surface area (Å²) in [7, 11) is 0. The molecule has 2 aromatic rings. The number of carboxylic acid groups (broad SMARTS) is 1. The molecule has 0 radical (unpaired) electrons. The zero-order valence-electron chi connectivity index (χ0n) is 19.5. The number of carboxylic acids is 1. The summed E-state index contributed by atoms with van der Waals surface area (Å²) in [6.07, 6.45) is 1.92. The zero-order valence-corrected chi connectivity index (χ0v) is 19.5. The van der Waals surface area contributed by atoms with Crippen LogP contribution in [-0.2, 0) is 14.3 Å². The average Bonchev–Trinajstić information content (AvgIpc) is 3.19. The number of benzene rings is 2. The number of amides is 2. The van der Waals surface area contributed by atoms with Gasteiger partial charge in [0.15, 0.2) is 0 Å². The van der Waals surface area contributed by atoms with Gasteiger partial charge in [-0.15, -0.1) is 0 Å². The molecule has 7 nitrogen and oxygen atoms in total. The Labute approximate surface area is 199 Å². The van der Waals surface area contributed by atoms with Gasteiger partial charge in [0, 0.05) is 24.6 Å². The number of nitrogens with zero attached hydrogens (tertiary/aromatic N) is 1. The second-order valence-electron chi connectivity index (χ2n) is 8.90. The SMILES string of the molecule is CCC(C)[C@H](NC(=O)OCC1c2ccccc2-c2ccccc21)C(=O)N1CC=C(C(=O)O)CC1.